The number of fused-ring (bicyclic) bond motifs is 1. The van der Waals surface area contributed by atoms with Crippen molar-refractivity contribution in [3.63, 3.8) is 0 Å². The summed E-state index contributed by atoms with van der Waals surface area (Å²) in [6.45, 7) is 4.12. The molecule has 0 spiro atoms. The van der Waals surface area contributed by atoms with Crippen LogP contribution in [0, 0.1) is 13.8 Å². The number of Topliss-reactive ketones (excluding diaryl/α,β-unsaturated/α-hetero) is 1. The molecule has 7 heteroatoms. The van der Waals surface area contributed by atoms with E-state index in [0.717, 1.165) is 22.3 Å². The lowest BCUT2D eigenvalue weighted by Gasteiger charge is -2.04. The van der Waals surface area contributed by atoms with Gasteiger partial charge < -0.3 is 13.9 Å². The van der Waals surface area contributed by atoms with Crippen molar-refractivity contribution in [2.24, 2.45) is 0 Å². The van der Waals surface area contributed by atoms with Gasteiger partial charge in [-0.3, -0.25) is 4.79 Å². The molecule has 6 nitrogen and oxygen atoms in total. The average Bonchev–Trinajstić information content (AvgIpc) is 3.30. The number of hydrogen-bond donors (Lipinski definition) is 0. The summed E-state index contributed by atoms with van der Waals surface area (Å²) in [5.41, 5.74) is 3.50. The van der Waals surface area contributed by atoms with Gasteiger partial charge in [0.15, 0.2) is 17.3 Å². The molecule has 1 aliphatic heterocycles. The Hall–Kier alpha value is -2.80. The summed E-state index contributed by atoms with van der Waals surface area (Å²) in [6.07, 6.45) is 0. The Bertz CT molecular complexity index is 983. The van der Waals surface area contributed by atoms with Gasteiger partial charge in [-0.15, -0.1) is 10.2 Å². The van der Waals surface area contributed by atoms with Crippen LogP contribution in [0.2, 0.25) is 0 Å². The number of ether oxygens (including phenoxy) is 2. The number of nitrogens with zero attached hydrogens (tertiary/aromatic N) is 2. The van der Waals surface area contributed by atoms with Crippen LogP contribution in [-0.4, -0.2) is 28.5 Å². The highest BCUT2D eigenvalue weighted by atomic mass is 32.2. The van der Waals surface area contributed by atoms with Gasteiger partial charge in [-0.2, -0.15) is 0 Å². The highest BCUT2D eigenvalue weighted by molar-refractivity contribution is 7.99. The Morgan fingerprint density at radius 3 is 2.81 bits per heavy atom. The predicted octanol–water partition coefficient (Wildman–Crippen LogP) is 4.06. The Morgan fingerprint density at radius 2 is 1.92 bits per heavy atom. The van der Waals surface area contributed by atoms with E-state index >= 15 is 0 Å². The molecule has 1 aliphatic rings. The number of ketones is 1. The molecular formula is C19H16N2O4S. The molecule has 0 atom stereocenters. The summed E-state index contributed by atoms with van der Waals surface area (Å²) < 4.78 is 16.3. The lowest BCUT2D eigenvalue weighted by atomic mass is 10.0. The maximum Gasteiger partial charge on any atom is 0.277 e. The van der Waals surface area contributed by atoms with E-state index < -0.39 is 0 Å². The molecule has 0 bridgehead atoms. The van der Waals surface area contributed by atoms with Gasteiger partial charge in [0, 0.05) is 11.1 Å². The summed E-state index contributed by atoms with van der Waals surface area (Å²) in [4.78, 5) is 12.5. The van der Waals surface area contributed by atoms with E-state index in [9.17, 15) is 4.79 Å². The molecule has 26 heavy (non-hydrogen) atoms. The summed E-state index contributed by atoms with van der Waals surface area (Å²) in [7, 11) is 0. The van der Waals surface area contributed by atoms with Gasteiger partial charge in [0.05, 0.1) is 5.75 Å². The minimum absolute atomic E-state index is 0.0408. The Morgan fingerprint density at radius 1 is 1.08 bits per heavy atom. The third-order valence-corrected chi connectivity index (χ3v) is 4.86. The first-order valence-corrected chi connectivity index (χ1v) is 9.05. The van der Waals surface area contributed by atoms with Crippen LogP contribution in [0.5, 0.6) is 11.5 Å². The van der Waals surface area contributed by atoms with Crippen LogP contribution in [0.25, 0.3) is 11.5 Å². The Balaban J connectivity index is 1.45. The van der Waals surface area contributed by atoms with Gasteiger partial charge in [0.25, 0.3) is 5.22 Å². The van der Waals surface area contributed by atoms with Gasteiger partial charge in [-0.25, -0.2) is 0 Å². The molecule has 3 aromatic rings. The maximum absolute atomic E-state index is 12.5. The number of hydrogen-bond acceptors (Lipinski definition) is 7. The van der Waals surface area contributed by atoms with Crippen molar-refractivity contribution in [1.29, 1.82) is 0 Å². The fourth-order valence-corrected chi connectivity index (χ4v) is 3.30. The molecule has 0 unspecified atom stereocenters. The first-order chi connectivity index (χ1) is 12.6. The third kappa shape index (κ3) is 3.30. The molecular weight excluding hydrogens is 352 g/mol. The first kappa shape index (κ1) is 16.7. The summed E-state index contributed by atoms with van der Waals surface area (Å²) >= 11 is 1.23. The largest absolute Gasteiger partial charge is 0.454 e. The van der Waals surface area contributed by atoms with Crippen LogP contribution < -0.4 is 9.47 Å². The molecule has 0 radical (unpaired) electrons. The van der Waals surface area contributed by atoms with E-state index in [1.165, 1.54) is 11.8 Å². The third-order valence-electron chi connectivity index (χ3n) is 4.05. The minimum Gasteiger partial charge on any atom is -0.454 e. The smallest absolute Gasteiger partial charge is 0.277 e. The number of rotatable bonds is 5. The van der Waals surface area contributed by atoms with E-state index in [0.29, 0.717) is 22.6 Å². The number of aromatic nitrogens is 2. The molecule has 2 heterocycles. The number of benzene rings is 2. The molecule has 0 amide bonds. The Kier molecular flexibility index (Phi) is 4.38. The maximum atomic E-state index is 12.5. The number of carbonyl (C=O) groups excluding carboxylic acids is 1. The monoisotopic (exact) mass is 368 g/mol. The normalized spacial score (nSPS) is 12.4. The second-order valence-electron chi connectivity index (χ2n) is 5.97. The van der Waals surface area contributed by atoms with Crippen LogP contribution in [0.15, 0.2) is 46.0 Å². The van der Waals surface area contributed by atoms with Crippen LogP contribution in [0.3, 0.4) is 0 Å². The zero-order valence-corrected chi connectivity index (χ0v) is 15.1. The van der Waals surface area contributed by atoms with Crippen molar-refractivity contribution in [3.8, 4) is 23.0 Å². The van der Waals surface area contributed by atoms with Gasteiger partial charge in [-0.1, -0.05) is 29.5 Å². The number of carbonyl (C=O) groups is 1. The SMILES string of the molecule is Cc1ccc(C)c(C(=O)CSc2nnc(-c3ccc4c(c3)OCO4)o2)c1. The van der Waals surface area contributed by atoms with Crippen molar-refractivity contribution < 1.29 is 18.7 Å². The van der Waals surface area contributed by atoms with E-state index in [-0.39, 0.29) is 18.3 Å². The molecule has 132 valence electrons. The van der Waals surface area contributed by atoms with E-state index in [1.807, 2.05) is 38.1 Å². The van der Waals surface area contributed by atoms with Crippen LogP contribution in [-0.2, 0) is 0 Å². The molecule has 4 rings (SSSR count). The summed E-state index contributed by atoms with van der Waals surface area (Å²) in [5, 5.41) is 8.42. The zero-order chi connectivity index (χ0) is 18.1. The first-order valence-electron chi connectivity index (χ1n) is 8.07. The van der Waals surface area contributed by atoms with Crippen LogP contribution in [0.1, 0.15) is 21.5 Å². The lowest BCUT2D eigenvalue weighted by Crippen LogP contribution is -2.05. The van der Waals surface area contributed by atoms with E-state index in [2.05, 4.69) is 10.2 Å². The molecule has 0 saturated heterocycles. The van der Waals surface area contributed by atoms with Gasteiger partial charge in [0.2, 0.25) is 12.7 Å². The highest BCUT2D eigenvalue weighted by Gasteiger charge is 2.18. The van der Waals surface area contributed by atoms with E-state index in [1.54, 1.807) is 12.1 Å². The van der Waals surface area contributed by atoms with Crippen molar-refractivity contribution in [3.05, 3.63) is 53.1 Å². The molecule has 2 aromatic carbocycles. The standard InChI is InChI=1S/C19H16N2O4S/c1-11-3-4-12(2)14(7-11)15(22)9-26-19-21-20-18(25-19)13-5-6-16-17(8-13)24-10-23-16/h3-8H,9-10H2,1-2H3. The van der Waals surface area contributed by atoms with Crippen molar-refractivity contribution in [1.82, 2.24) is 10.2 Å². The molecule has 0 aliphatic carbocycles. The van der Waals surface area contributed by atoms with Crippen molar-refractivity contribution >= 4 is 17.5 Å². The number of thioether (sulfide) groups is 1. The molecule has 0 N–H and O–H groups in total. The fourth-order valence-electron chi connectivity index (χ4n) is 2.66. The van der Waals surface area contributed by atoms with Gasteiger partial charge in [-0.05, 0) is 43.7 Å². The van der Waals surface area contributed by atoms with Gasteiger partial charge >= 0.3 is 0 Å². The molecule has 0 fully saturated rings. The topological polar surface area (TPSA) is 74.5 Å². The average molecular weight is 368 g/mol. The second kappa shape index (κ2) is 6.84. The molecule has 0 saturated carbocycles. The van der Waals surface area contributed by atoms with Gasteiger partial charge in [0.1, 0.15) is 0 Å². The van der Waals surface area contributed by atoms with Crippen molar-refractivity contribution in [2.75, 3.05) is 12.5 Å². The van der Waals surface area contributed by atoms with Crippen LogP contribution in [0.4, 0.5) is 0 Å². The fraction of sp³-hybridized carbons (Fsp3) is 0.211. The number of aryl methyl sites for hydroxylation is 2. The van der Waals surface area contributed by atoms with Crippen LogP contribution >= 0.6 is 11.8 Å². The predicted molar refractivity (Wildman–Crippen MR) is 96.8 cm³/mol. The lowest BCUT2D eigenvalue weighted by molar-refractivity contribution is 0.102. The molecule has 1 aromatic heterocycles. The quantitative estimate of drug-likeness (QED) is 0.497. The second-order valence-corrected chi connectivity index (χ2v) is 6.90. The van der Waals surface area contributed by atoms with E-state index in [4.69, 9.17) is 13.9 Å². The Labute approximate surface area is 154 Å². The summed E-state index contributed by atoms with van der Waals surface area (Å²) in [6, 6.07) is 11.3. The summed E-state index contributed by atoms with van der Waals surface area (Å²) in [5.74, 6) is 2.01. The highest BCUT2D eigenvalue weighted by Crippen LogP contribution is 2.36. The van der Waals surface area contributed by atoms with Crippen molar-refractivity contribution in [2.45, 2.75) is 19.1 Å². The zero-order valence-electron chi connectivity index (χ0n) is 14.3. The minimum atomic E-state index is 0.0408.